The molecule has 1 aromatic carbocycles. The van der Waals surface area contributed by atoms with Crippen molar-refractivity contribution < 1.29 is 22.7 Å². The molecule has 2 amide bonds. The Kier molecular flexibility index (Phi) is 7.32. The standard InChI is InChI=1S/C20H30N4O5S/c1-16(25)23-12-10-22(11-13-23)15-20(26)21-17-6-7-18(29-2)19(14-17)30(27,28)24-8-4-3-5-9-24/h6-7,14H,3-5,8-13,15H2,1-2H3,(H,21,26). The molecular formula is C20H30N4O5S. The zero-order valence-corrected chi connectivity index (χ0v) is 18.4. The van der Waals surface area contributed by atoms with Gasteiger partial charge in [0.2, 0.25) is 21.8 Å². The van der Waals surface area contributed by atoms with Crippen molar-refractivity contribution in [3.8, 4) is 5.75 Å². The van der Waals surface area contributed by atoms with Crippen molar-refractivity contribution in [2.45, 2.75) is 31.1 Å². The third-order valence-electron chi connectivity index (χ3n) is 5.57. The molecule has 2 heterocycles. The largest absolute Gasteiger partial charge is 0.495 e. The van der Waals surface area contributed by atoms with Crippen molar-refractivity contribution >= 4 is 27.5 Å². The van der Waals surface area contributed by atoms with E-state index in [0.29, 0.717) is 45.0 Å². The highest BCUT2D eigenvalue weighted by molar-refractivity contribution is 7.89. The molecule has 166 valence electrons. The molecule has 10 heteroatoms. The number of benzene rings is 1. The summed E-state index contributed by atoms with van der Waals surface area (Å²) in [5.74, 6) is 0.0801. The number of carbonyl (C=O) groups excluding carboxylic acids is 2. The summed E-state index contributed by atoms with van der Waals surface area (Å²) in [7, 11) is -2.26. The smallest absolute Gasteiger partial charge is 0.246 e. The van der Waals surface area contributed by atoms with E-state index in [1.807, 2.05) is 4.90 Å². The van der Waals surface area contributed by atoms with Crippen molar-refractivity contribution in [2.24, 2.45) is 0 Å². The minimum absolute atomic E-state index is 0.0415. The second-order valence-electron chi connectivity index (χ2n) is 7.66. The Bertz CT molecular complexity index is 875. The third kappa shape index (κ3) is 5.30. The number of anilines is 1. The number of hydrogen-bond donors (Lipinski definition) is 1. The molecule has 0 aromatic heterocycles. The predicted molar refractivity (Wildman–Crippen MR) is 113 cm³/mol. The summed E-state index contributed by atoms with van der Waals surface area (Å²) in [4.78, 5) is 27.7. The molecule has 1 N–H and O–H groups in total. The van der Waals surface area contributed by atoms with Gasteiger partial charge in [-0.2, -0.15) is 4.31 Å². The van der Waals surface area contributed by atoms with Gasteiger partial charge in [0.15, 0.2) is 0 Å². The fourth-order valence-corrected chi connectivity index (χ4v) is 5.52. The molecule has 0 aliphatic carbocycles. The maximum Gasteiger partial charge on any atom is 0.246 e. The molecular weight excluding hydrogens is 408 g/mol. The molecule has 2 aliphatic heterocycles. The van der Waals surface area contributed by atoms with Crippen molar-refractivity contribution in [3.63, 3.8) is 0 Å². The topological polar surface area (TPSA) is 99.3 Å². The van der Waals surface area contributed by atoms with Crippen LogP contribution in [0.5, 0.6) is 5.75 Å². The Labute approximate surface area is 178 Å². The Hall–Kier alpha value is -2.17. The number of amides is 2. The van der Waals surface area contributed by atoms with Crippen molar-refractivity contribution in [1.29, 1.82) is 0 Å². The van der Waals surface area contributed by atoms with E-state index in [1.54, 1.807) is 24.0 Å². The van der Waals surface area contributed by atoms with E-state index in [-0.39, 0.29) is 29.0 Å². The monoisotopic (exact) mass is 438 g/mol. The average molecular weight is 439 g/mol. The summed E-state index contributed by atoms with van der Waals surface area (Å²) < 4.78 is 33.0. The molecule has 0 atom stereocenters. The number of sulfonamides is 1. The van der Waals surface area contributed by atoms with Crippen molar-refractivity contribution in [2.75, 3.05) is 58.2 Å². The van der Waals surface area contributed by atoms with Crippen LogP contribution in [0.3, 0.4) is 0 Å². The van der Waals surface area contributed by atoms with E-state index in [0.717, 1.165) is 19.3 Å². The summed E-state index contributed by atoms with van der Waals surface area (Å²) in [6, 6.07) is 4.67. The summed E-state index contributed by atoms with van der Waals surface area (Å²) in [6.07, 6.45) is 2.71. The molecule has 2 fully saturated rings. The summed E-state index contributed by atoms with van der Waals surface area (Å²) in [5.41, 5.74) is 0.416. The van der Waals surface area contributed by atoms with E-state index in [4.69, 9.17) is 4.74 Å². The molecule has 9 nitrogen and oxygen atoms in total. The maximum absolute atomic E-state index is 13.1. The van der Waals surface area contributed by atoms with E-state index in [1.165, 1.54) is 17.5 Å². The number of carbonyl (C=O) groups is 2. The zero-order valence-electron chi connectivity index (χ0n) is 17.6. The molecule has 0 unspecified atom stereocenters. The van der Waals surface area contributed by atoms with E-state index >= 15 is 0 Å². The van der Waals surface area contributed by atoms with Crippen LogP contribution in [-0.4, -0.2) is 87.3 Å². The number of methoxy groups -OCH3 is 1. The molecule has 0 radical (unpaired) electrons. The number of rotatable bonds is 6. The van der Waals surface area contributed by atoms with Gasteiger partial charge in [-0.05, 0) is 31.0 Å². The second kappa shape index (κ2) is 9.76. The van der Waals surface area contributed by atoms with Gasteiger partial charge in [-0.15, -0.1) is 0 Å². The number of hydrogen-bond acceptors (Lipinski definition) is 6. The first kappa shape index (κ1) is 22.5. The SMILES string of the molecule is COc1ccc(NC(=O)CN2CCN(C(C)=O)CC2)cc1S(=O)(=O)N1CCCCC1. The number of piperazine rings is 1. The lowest BCUT2D eigenvalue weighted by atomic mass is 10.2. The first-order valence-corrected chi connectivity index (χ1v) is 11.7. The van der Waals surface area contributed by atoms with Gasteiger partial charge >= 0.3 is 0 Å². The predicted octanol–water partition coefficient (Wildman–Crippen LogP) is 0.972. The van der Waals surface area contributed by atoms with Crippen LogP contribution in [0.2, 0.25) is 0 Å². The fourth-order valence-electron chi connectivity index (χ4n) is 3.82. The number of nitrogens with one attached hydrogen (secondary N) is 1. The van der Waals surface area contributed by atoms with Crippen molar-refractivity contribution in [1.82, 2.24) is 14.1 Å². The molecule has 30 heavy (non-hydrogen) atoms. The highest BCUT2D eigenvalue weighted by Crippen LogP contribution is 2.31. The quantitative estimate of drug-likeness (QED) is 0.711. The van der Waals surface area contributed by atoms with E-state index in [2.05, 4.69) is 5.32 Å². The van der Waals surface area contributed by atoms with Gasteiger partial charge in [-0.1, -0.05) is 6.42 Å². The number of ether oxygens (including phenoxy) is 1. The van der Waals surface area contributed by atoms with Gasteiger partial charge in [0.25, 0.3) is 0 Å². The van der Waals surface area contributed by atoms with Gasteiger partial charge in [0.1, 0.15) is 10.6 Å². The van der Waals surface area contributed by atoms with Crippen LogP contribution < -0.4 is 10.1 Å². The summed E-state index contributed by atoms with van der Waals surface area (Å²) in [5, 5.41) is 2.79. The highest BCUT2D eigenvalue weighted by Gasteiger charge is 2.29. The molecule has 2 saturated heterocycles. The average Bonchev–Trinajstić information content (AvgIpc) is 2.74. The minimum atomic E-state index is -3.70. The molecule has 0 bridgehead atoms. The molecule has 2 aliphatic rings. The number of piperidine rings is 1. The van der Waals surface area contributed by atoms with Crippen LogP contribution >= 0.6 is 0 Å². The van der Waals surface area contributed by atoms with E-state index < -0.39 is 10.0 Å². The normalized spacial score (nSPS) is 18.8. The lowest BCUT2D eigenvalue weighted by Gasteiger charge is -2.33. The van der Waals surface area contributed by atoms with Crippen molar-refractivity contribution in [3.05, 3.63) is 18.2 Å². The first-order valence-electron chi connectivity index (χ1n) is 10.3. The van der Waals surface area contributed by atoms with Gasteiger partial charge < -0.3 is 15.0 Å². The minimum Gasteiger partial charge on any atom is -0.495 e. The molecule has 1 aromatic rings. The van der Waals surface area contributed by atoms with Gasteiger partial charge in [-0.25, -0.2) is 8.42 Å². The Morgan fingerprint density at radius 2 is 1.70 bits per heavy atom. The van der Waals surface area contributed by atoms with Gasteiger partial charge in [-0.3, -0.25) is 14.5 Å². The molecule has 0 saturated carbocycles. The van der Waals surface area contributed by atoms with Crippen LogP contribution in [-0.2, 0) is 19.6 Å². The second-order valence-corrected chi connectivity index (χ2v) is 9.57. The van der Waals surface area contributed by atoms with Crippen LogP contribution in [0.1, 0.15) is 26.2 Å². The highest BCUT2D eigenvalue weighted by atomic mass is 32.2. The molecule has 0 spiro atoms. The number of nitrogens with zero attached hydrogens (tertiary/aromatic N) is 3. The van der Waals surface area contributed by atoms with Gasteiger partial charge in [0, 0.05) is 51.9 Å². The maximum atomic E-state index is 13.1. The summed E-state index contributed by atoms with van der Waals surface area (Å²) >= 11 is 0. The lowest BCUT2D eigenvalue weighted by molar-refractivity contribution is -0.130. The van der Waals surface area contributed by atoms with Gasteiger partial charge in [0.05, 0.1) is 13.7 Å². The van der Waals surface area contributed by atoms with E-state index in [9.17, 15) is 18.0 Å². The fraction of sp³-hybridized carbons (Fsp3) is 0.600. The van der Waals surface area contributed by atoms with Crippen LogP contribution in [0.15, 0.2) is 23.1 Å². The first-order chi connectivity index (χ1) is 14.3. The van der Waals surface area contributed by atoms with Crippen LogP contribution in [0, 0.1) is 0 Å². The lowest BCUT2D eigenvalue weighted by Crippen LogP contribution is -2.49. The van der Waals surface area contributed by atoms with Crippen LogP contribution in [0.4, 0.5) is 5.69 Å². The van der Waals surface area contributed by atoms with Crippen LogP contribution in [0.25, 0.3) is 0 Å². The third-order valence-corrected chi connectivity index (χ3v) is 7.48. The Balaban J connectivity index is 1.67. The zero-order chi connectivity index (χ0) is 21.7. The molecule has 3 rings (SSSR count). The Morgan fingerprint density at radius 1 is 1.03 bits per heavy atom. The summed E-state index contributed by atoms with van der Waals surface area (Å²) in [6.45, 7) is 5.18. The Morgan fingerprint density at radius 3 is 2.30 bits per heavy atom.